The summed E-state index contributed by atoms with van der Waals surface area (Å²) in [5.41, 5.74) is 2.61. The molecular formula is C25H23FO5. The lowest BCUT2D eigenvalue weighted by atomic mass is 9.81. The summed E-state index contributed by atoms with van der Waals surface area (Å²) in [6, 6.07) is 15.1. The standard InChI is InChI=1S/C25H23FO5/c1-28-17-9-15(10-18(11-17)29-2)23-22(14-6-5-7-16(26)8-14)24-20(25(23)27)12-19(30-3)13-21(24)31-4/h5-13,22-23H,1-4H3/t22-,23-/m0/s1. The minimum absolute atomic E-state index is 0.100. The minimum atomic E-state index is -0.609. The summed E-state index contributed by atoms with van der Waals surface area (Å²) in [5.74, 6) is 0.656. The Labute approximate surface area is 180 Å². The third-order valence-electron chi connectivity index (χ3n) is 5.70. The average Bonchev–Trinajstić information content (AvgIpc) is 3.10. The van der Waals surface area contributed by atoms with Crippen molar-refractivity contribution in [1.29, 1.82) is 0 Å². The van der Waals surface area contributed by atoms with Gasteiger partial charge in [0.2, 0.25) is 0 Å². The van der Waals surface area contributed by atoms with Crippen LogP contribution in [0.2, 0.25) is 0 Å². The monoisotopic (exact) mass is 422 g/mol. The number of carbonyl (C=O) groups excluding carboxylic acids is 1. The molecular weight excluding hydrogens is 399 g/mol. The first kappa shape index (κ1) is 20.7. The van der Waals surface area contributed by atoms with Gasteiger partial charge in [-0.25, -0.2) is 4.39 Å². The van der Waals surface area contributed by atoms with Crippen molar-refractivity contribution in [2.75, 3.05) is 28.4 Å². The van der Waals surface area contributed by atoms with E-state index in [1.807, 2.05) is 18.2 Å². The average molecular weight is 422 g/mol. The number of ether oxygens (including phenoxy) is 4. The highest BCUT2D eigenvalue weighted by molar-refractivity contribution is 6.08. The van der Waals surface area contributed by atoms with E-state index in [2.05, 4.69) is 0 Å². The Balaban J connectivity index is 1.99. The van der Waals surface area contributed by atoms with Crippen molar-refractivity contribution in [3.8, 4) is 23.0 Å². The highest BCUT2D eigenvalue weighted by Gasteiger charge is 2.44. The maximum Gasteiger partial charge on any atom is 0.171 e. The second-order valence-corrected chi connectivity index (χ2v) is 7.31. The third kappa shape index (κ3) is 3.58. The molecule has 6 heteroatoms. The molecule has 4 rings (SSSR count). The Morgan fingerprint density at radius 3 is 1.94 bits per heavy atom. The normalized spacial score (nSPS) is 17.3. The lowest BCUT2D eigenvalue weighted by Gasteiger charge is -2.22. The number of carbonyl (C=O) groups is 1. The van der Waals surface area contributed by atoms with Gasteiger partial charge in [0, 0.05) is 29.2 Å². The molecule has 3 aromatic rings. The summed E-state index contributed by atoms with van der Waals surface area (Å²) in [4.78, 5) is 13.7. The van der Waals surface area contributed by atoms with Gasteiger partial charge < -0.3 is 18.9 Å². The van der Waals surface area contributed by atoms with Gasteiger partial charge in [0.05, 0.1) is 34.4 Å². The summed E-state index contributed by atoms with van der Waals surface area (Å²) >= 11 is 0. The predicted octanol–water partition coefficient (Wildman–Crippen LogP) is 4.97. The first-order valence-electron chi connectivity index (χ1n) is 9.79. The van der Waals surface area contributed by atoms with Crippen LogP contribution in [0.5, 0.6) is 23.0 Å². The maximum atomic E-state index is 14.2. The van der Waals surface area contributed by atoms with Gasteiger partial charge in [-0.1, -0.05) is 12.1 Å². The first-order chi connectivity index (χ1) is 15.0. The van der Waals surface area contributed by atoms with E-state index < -0.39 is 11.8 Å². The minimum Gasteiger partial charge on any atom is -0.497 e. The van der Waals surface area contributed by atoms with Crippen LogP contribution in [-0.4, -0.2) is 34.2 Å². The van der Waals surface area contributed by atoms with Crippen LogP contribution < -0.4 is 18.9 Å². The summed E-state index contributed by atoms with van der Waals surface area (Å²) < 4.78 is 36.0. The molecule has 0 saturated heterocycles. The van der Waals surface area contributed by atoms with Gasteiger partial charge in [-0.15, -0.1) is 0 Å². The maximum absolute atomic E-state index is 14.2. The molecule has 1 aliphatic rings. The van der Waals surface area contributed by atoms with E-state index in [1.54, 1.807) is 45.6 Å². The Hall–Kier alpha value is -3.54. The Bertz CT molecular complexity index is 1120. The molecule has 0 bridgehead atoms. The number of rotatable bonds is 6. The van der Waals surface area contributed by atoms with Crippen LogP contribution in [0.25, 0.3) is 0 Å². The number of Topliss-reactive ketones (excluding diaryl/α,β-unsaturated/α-hetero) is 1. The third-order valence-corrected chi connectivity index (χ3v) is 5.70. The fraction of sp³-hybridized carbons (Fsp3) is 0.240. The van der Waals surface area contributed by atoms with Crippen LogP contribution in [0.4, 0.5) is 4.39 Å². The smallest absolute Gasteiger partial charge is 0.171 e. The number of halogens is 1. The number of hydrogen-bond donors (Lipinski definition) is 0. The summed E-state index contributed by atoms with van der Waals surface area (Å²) in [5, 5.41) is 0. The predicted molar refractivity (Wildman–Crippen MR) is 114 cm³/mol. The Kier molecular flexibility index (Phi) is 5.55. The van der Waals surface area contributed by atoms with Gasteiger partial charge in [-0.3, -0.25) is 4.79 Å². The molecule has 1 aliphatic carbocycles. The van der Waals surface area contributed by atoms with E-state index >= 15 is 0 Å². The zero-order chi connectivity index (χ0) is 22.1. The van der Waals surface area contributed by atoms with Crippen LogP contribution >= 0.6 is 0 Å². The fourth-order valence-electron chi connectivity index (χ4n) is 4.31. The molecule has 0 spiro atoms. The molecule has 0 amide bonds. The molecule has 3 aromatic carbocycles. The largest absolute Gasteiger partial charge is 0.497 e. The molecule has 0 radical (unpaired) electrons. The molecule has 0 N–H and O–H groups in total. The fourth-order valence-corrected chi connectivity index (χ4v) is 4.31. The van der Waals surface area contributed by atoms with Gasteiger partial charge in [-0.05, 0) is 41.5 Å². The van der Waals surface area contributed by atoms with Crippen LogP contribution in [0.1, 0.15) is 38.9 Å². The van der Waals surface area contributed by atoms with E-state index in [0.29, 0.717) is 45.3 Å². The zero-order valence-corrected chi connectivity index (χ0v) is 17.8. The van der Waals surface area contributed by atoms with Crippen molar-refractivity contribution >= 4 is 5.78 Å². The van der Waals surface area contributed by atoms with Gasteiger partial charge in [0.1, 0.15) is 28.8 Å². The highest BCUT2D eigenvalue weighted by Crippen LogP contribution is 2.53. The van der Waals surface area contributed by atoms with Gasteiger partial charge in [-0.2, -0.15) is 0 Å². The van der Waals surface area contributed by atoms with Crippen molar-refractivity contribution in [3.63, 3.8) is 0 Å². The molecule has 0 fully saturated rings. The second kappa shape index (κ2) is 8.30. The second-order valence-electron chi connectivity index (χ2n) is 7.31. The highest BCUT2D eigenvalue weighted by atomic mass is 19.1. The van der Waals surface area contributed by atoms with Crippen molar-refractivity contribution in [2.24, 2.45) is 0 Å². The molecule has 0 aromatic heterocycles. The van der Waals surface area contributed by atoms with E-state index in [4.69, 9.17) is 18.9 Å². The van der Waals surface area contributed by atoms with Crippen molar-refractivity contribution in [3.05, 3.63) is 82.7 Å². The van der Waals surface area contributed by atoms with Crippen molar-refractivity contribution < 1.29 is 28.1 Å². The Morgan fingerprint density at radius 1 is 0.710 bits per heavy atom. The van der Waals surface area contributed by atoms with Gasteiger partial charge in [0.25, 0.3) is 0 Å². The van der Waals surface area contributed by atoms with Crippen molar-refractivity contribution in [1.82, 2.24) is 0 Å². The summed E-state index contributed by atoms with van der Waals surface area (Å²) in [6.07, 6.45) is 0. The quantitative estimate of drug-likeness (QED) is 0.561. The molecule has 160 valence electrons. The molecule has 2 atom stereocenters. The SMILES string of the molecule is COc1cc(OC)cc([C@@H]2C(=O)c3cc(OC)cc(OC)c3[C@H]2c2cccc(F)c2)c1. The van der Waals surface area contributed by atoms with Gasteiger partial charge in [0.15, 0.2) is 5.78 Å². The summed E-state index contributed by atoms with van der Waals surface area (Å²) in [6.45, 7) is 0. The Morgan fingerprint density at radius 2 is 1.35 bits per heavy atom. The molecule has 0 unspecified atom stereocenters. The number of benzene rings is 3. The first-order valence-corrected chi connectivity index (χ1v) is 9.79. The lowest BCUT2D eigenvalue weighted by molar-refractivity contribution is 0.0968. The lowest BCUT2D eigenvalue weighted by Crippen LogP contribution is -2.14. The van der Waals surface area contributed by atoms with Crippen LogP contribution in [0, 0.1) is 5.82 Å². The number of methoxy groups -OCH3 is 4. The number of ketones is 1. The molecule has 5 nitrogen and oxygen atoms in total. The molecule has 0 saturated carbocycles. The van der Waals surface area contributed by atoms with E-state index in [1.165, 1.54) is 19.2 Å². The van der Waals surface area contributed by atoms with E-state index in [9.17, 15) is 9.18 Å². The van der Waals surface area contributed by atoms with E-state index in [-0.39, 0.29) is 11.6 Å². The number of hydrogen-bond acceptors (Lipinski definition) is 5. The van der Waals surface area contributed by atoms with Crippen LogP contribution in [0.15, 0.2) is 54.6 Å². The zero-order valence-electron chi connectivity index (χ0n) is 17.8. The molecule has 0 heterocycles. The van der Waals surface area contributed by atoms with E-state index in [0.717, 1.165) is 0 Å². The van der Waals surface area contributed by atoms with Crippen LogP contribution in [-0.2, 0) is 0 Å². The van der Waals surface area contributed by atoms with Crippen LogP contribution in [0.3, 0.4) is 0 Å². The molecule has 31 heavy (non-hydrogen) atoms. The summed E-state index contributed by atoms with van der Waals surface area (Å²) in [7, 11) is 6.20. The van der Waals surface area contributed by atoms with Gasteiger partial charge >= 0.3 is 0 Å². The topological polar surface area (TPSA) is 54.0 Å². The molecule has 0 aliphatic heterocycles. The van der Waals surface area contributed by atoms with Crippen molar-refractivity contribution in [2.45, 2.75) is 11.8 Å². The number of fused-ring (bicyclic) bond motifs is 1.